The van der Waals surface area contributed by atoms with E-state index in [0.29, 0.717) is 5.82 Å². The van der Waals surface area contributed by atoms with Crippen LogP contribution in [0.3, 0.4) is 0 Å². The van der Waals surface area contributed by atoms with Crippen molar-refractivity contribution in [3.63, 3.8) is 0 Å². The predicted molar refractivity (Wildman–Crippen MR) is 209 cm³/mol. The lowest BCUT2D eigenvalue weighted by Gasteiger charge is -2.40. The number of nitrogens with zero attached hydrogens (tertiary/aromatic N) is 3. The lowest BCUT2D eigenvalue weighted by molar-refractivity contribution is 0.724. The van der Waals surface area contributed by atoms with E-state index in [1.54, 1.807) is 0 Å². The summed E-state index contributed by atoms with van der Waals surface area (Å²) in [7, 11) is 0. The third-order valence-corrected chi connectivity index (χ3v) is 11.9. The molecule has 2 aliphatic rings. The van der Waals surface area contributed by atoms with E-state index in [1.807, 2.05) is 23.9 Å². The Morgan fingerprint density at radius 3 is 1.82 bits per heavy atom. The third kappa shape index (κ3) is 3.97. The summed E-state index contributed by atoms with van der Waals surface area (Å²) in [6.07, 6.45) is 0. The Labute approximate surface area is 299 Å². The molecule has 0 fully saturated rings. The second kappa shape index (κ2) is 10.9. The van der Waals surface area contributed by atoms with E-state index in [1.165, 1.54) is 59.5 Å². The summed E-state index contributed by atoms with van der Waals surface area (Å²) >= 11 is 1.88. The molecule has 3 nitrogen and oxygen atoms in total. The van der Waals surface area contributed by atoms with Crippen LogP contribution < -0.4 is 0 Å². The van der Waals surface area contributed by atoms with Crippen molar-refractivity contribution in [2.24, 2.45) is 0 Å². The van der Waals surface area contributed by atoms with Crippen LogP contribution >= 0.6 is 11.8 Å². The van der Waals surface area contributed by atoms with Gasteiger partial charge >= 0.3 is 0 Å². The zero-order valence-corrected chi connectivity index (χ0v) is 28.3. The van der Waals surface area contributed by atoms with E-state index >= 15 is 0 Å². The van der Waals surface area contributed by atoms with Crippen LogP contribution in [0.1, 0.15) is 22.3 Å². The maximum Gasteiger partial charge on any atom is 0.162 e. The molecule has 1 aliphatic carbocycles. The molecule has 3 heterocycles. The van der Waals surface area contributed by atoms with Crippen molar-refractivity contribution >= 4 is 33.6 Å². The minimum Gasteiger partial charge on any atom is -0.292 e. The van der Waals surface area contributed by atoms with Gasteiger partial charge in [-0.1, -0.05) is 169 Å². The summed E-state index contributed by atoms with van der Waals surface area (Å²) in [5.41, 5.74) is 12.7. The molecule has 1 spiro atoms. The summed E-state index contributed by atoms with van der Waals surface area (Å²) in [6, 6.07) is 63.4. The van der Waals surface area contributed by atoms with Gasteiger partial charge < -0.3 is 0 Å². The van der Waals surface area contributed by atoms with Gasteiger partial charge in [0.2, 0.25) is 0 Å². The van der Waals surface area contributed by atoms with Crippen LogP contribution in [0.25, 0.3) is 61.4 Å². The molecule has 1 aliphatic heterocycles. The van der Waals surface area contributed by atoms with E-state index < -0.39 is 5.41 Å². The quantitative estimate of drug-likeness (QED) is 0.188. The first-order valence-electron chi connectivity index (χ1n) is 17.3. The fourth-order valence-corrected chi connectivity index (χ4v) is 9.95. The molecule has 0 radical (unpaired) electrons. The highest BCUT2D eigenvalue weighted by molar-refractivity contribution is 7.99. The number of hydrogen-bond donors (Lipinski definition) is 0. The van der Waals surface area contributed by atoms with E-state index in [9.17, 15) is 0 Å². The van der Waals surface area contributed by atoms with Crippen molar-refractivity contribution in [1.29, 1.82) is 0 Å². The summed E-state index contributed by atoms with van der Waals surface area (Å²) in [6.45, 7) is 0. The van der Waals surface area contributed by atoms with Crippen molar-refractivity contribution < 1.29 is 0 Å². The normalized spacial score (nSPS) is 13.6. The van der Waals surface area contributed by atoms with Crippen LogP contribution in [-0.2, 0) is 5.41 Å². The average molecular weight is 668 g/mol. The first-order chi connectivity index (χ1) is 25.3. The minimum atomic E-state index is -0.462. The highest BCUT2D eigenvalue weighted by Crippen LogP contribution is 2.63. The SMILES string of the molecule is c1ccc(-c2cc(-n3c4ccccc4c4ccc5c(c43)Sc3ccccc3C53c4ccccc4-c4ccccc43)nc(-c3ccccc3)n2)cc1. The second-order valence-corrected chi connectivity index (χ2v) is 14.3. The van der Waals surface area contributed by atoms with Crippen molar-refractivity contribution in [3.8, 4) is 39.6 Å². The van der Waals surface area contributed by atoms with Crippen LogP contribution in [0.4, 0.5) is 0 Å². The van der Waals surface area contributed by atoms with Gasteiger partial charge in [-0.05, 0) is 45.5 Å². The molecular formula is C47H29N3S. The molecular weight excluding hydrogens is 639 g/mol. The number of benzene rings is 7. The molecule has 0 amide bonds. The van der Waals surface area contributed by atoms with Crippen molar-refractivity contribution in [2.75, 3.05) is 0 Å². The molecule has 9 aromatic rings. The van der Waals surface area contributed by atoms with Gasteiger partial charge in [0.05, 0.1) is 22.1 Å². The molecule has 4 heteroatoms. The van der Waals surface area contributed by atoms with Gasteiger partial charge in [0.15, 0.2) is 5.82 Å². The maximum absolute atomic E-state index is 5.37. The van der Waals surface area contributed by atoms with E-state index in [2.05, 4.69) is 168 Å². The van der Waals surface area contributed by atoms with E-state index in [0.717, 1.165) is 28.2 Å². The molecule has 0 atom stereocenters. The molecule has 0 unspecified atom stereocenters. The topological polar surface area (TPSA) is 30.7 Å². The Morgan fingerprint density at radius 1 is 0.471 bits per heavy atom. The van der Waals surface area contributed by atoms with Crippen molar-refractivity contribution in [3.05, 3.63) is 198 Å². The molecule has 7 aromatic carbocycles. The van der Waals surface area contributed by atoms with Crippen molar-refractivity contribution in [1.82, 2.24) is 14.5 Å². The highest BCUT2D eigenvalue weighted by Gasteiger charge is 2.50. The number of rotatable bonds is 3. The molecule has 0 saturated heterocycles. The Kier molecular flexibility index (Phi) is 6.10. The summed E-state index contributed by atoms with van der Waals surface area (Å²) < 4.78 is 2.39. The summed E-state index contributed by atoms with van der Waals surface area (Å²) in [5.74, 6) is 1.55. The molecule has 0 N–H and O–H groups in total. The fourth-order valence-electron chi connectivity index (χ4n) is 8.62. The summed E-state index contributed by atoms with van der Waals surface area (Å²) in [4.78, 5) is 13.0. The van der Waals surface area contributed by atoms with Crippen LogP contribution in [0.15, 0.2) is 186 Å². The van der Waals surface area contributed by atoms with Crippen molar-refractivity contribution in [2.45, 2.75) is 15.2 Å². The van der Waals surface area contributed by atoms with Gasteiger partial charge in [-0.2, -0.15) is 0 Å². The Bertz CT molecular complexity index is 2730. The maximum atomic E-state index is 5.37. The largest absolute Gasteiger partial charge is 0.292 e. The smallest absolute Gasteiger partial charge is 0.162 e. The Balaban J connectivity index is 1.29. The van der Waals surface area contributed by atoms with E-state index in [4.69, 9.17) is 9.97 Å². The highest BCUT2D eigenvalue weighted by atomic mass is 32.2. The first kappa shape index (κ1) is 28.6. The van der Waals surface area contributed by atoms with Gasteiger partial charge in [-0.3, -0.25) is 4.57 Å². The average Bonchev–Trinajstić information content (AvgIpc) is 3.70. The zero-order chi connectivity index (χ0) is 33.5. The van der Waals surface area contributed by atoms with Crippen LogP contribution in [-0.4, -0.2) is 14.5 Å². The summed E-state index contributed by atoms with van der Waals surface area (Å²) in [5, 5.41) is 2.42. The van der Waals surface area contributed by atoms with Gasteiger partial charge in [0, 0.05) is 37.8 Å². The number of hydrogen-bond acceptors (Lipinski definition) is 3. The standard InChI is InChI=1S/C47H29N3S/c1-3-15-30(16-4-1)40-29-43(49-46(48-40)31-17-5-2-6-18-31)50-41-25-13-9-21-34(41)35-27-28-39-45(44(35)50)51-42-26-14-12-24-38(42)47(39)36-22-10-7-19-32(36)33-20-8-11-23-37(33)47/h1-29H. The molecule has 2 aromatic heterocycles. The second-order valence-electron chi connectivity index (χ2n) is 13.3. The van der Waals surface area contributed by atoms with Gasteiger partial charge in [0.1, 0.15) is 5.82 Å². The first-order valence-corrected chi connectivity index (χ1v) is 18.2. The molecule has 11 rings (SSSR count). The molecule has 238 valence electrons. The van der Waals surface area contributed by atoms with Crippen LogP contribution in [0.2, 0.25) is 0 Å². The Hall–Kier alpha value is -6.23. The van der Waals surface area contributed by atoms with Gasteiger partial charge in [0.25, 0.3) is 0 Å². The number of fused-ring (bicyclic) bond motifs is 13. The minimum absolute atomic E-state index is 0.462. The molecule has 0 saturated carbocycles. The molecule has 0 bridgehead atoms. The lowest BCUT2D eigenvalue weighted by atomic mass is 9.67. The lowest BCUT2D eigenvalue weighted by Crippen LogP contribution is -2.32. The predicted octanol–water partition coefficient (Wildman–Crippen LogP) is 11.7. The Morgan fingerprint density at radius 2 is 1.08 bits per heavy atom. The van der Waals surface area contributed by atoms with E-state index in [-0.39, 0.29) is 0 Å². The monoisotopic (exact) mass is 667 g/mol. The fraction of sp³-hybridized carbons (Fsp3) is 0.0213. The molecule has 51 heavy (non-hydrogen) atoms. The van der Waals surface area contributed by atoms with Crippen LogP contribution in [0.5, 0.6) is 0 Å². The third-order valence-electron chi connectivity index (χ3n) is 10.7. The number of para-hydroxylation sites is 1. The van der Waals surface area contributed by atoms with Gasteiger partial charge in [-0.25, -0.2) is 9.97 Å². The number of aromatic nitrogens is 3. The zero-order valence-electron chi connectivity index (χ0n) is 27.5. The van der Waals surface area contributed by atoms with Gasteiger partial charge in [-0.15, -0.1) is 0 Å². The van der Waals surface area contributed by atoms with Crippen LogP contribution in [0, 0.1) is 0 Å².